The van der Waals surface area contributed by atoms with Gasteiger partial charge < -0.3 is 10.4 Å². The Kier molecular flexibility index (Phi) is 3.06. The smallest absolute Gasteiger partial charge is 0.366 e. The average Bonchev–Trinajstić information content (AvgIpc) is 1.97. The van der Waals surface area contributed by atoms with E-state index in [0.29, 0.717) is 7.05 Å². The molecule has 2 N–H and O–H groups in total. The third-order valence-corrected chi connectivity index (χ3v) is 1.38. The summed E-state index contributed by atoms with van der Waals surface area (Å²) >= 11 is 0. The van der Waals surface area contributed by atoms with Crippen LogP contribution in [0.4, 0.5) is 26.3 Å². The summed E-state index contributed by atoms with van der Waals surface area (Å²) in [6, 6.07) is 0. The second-order valence-electron chi connectivity index (χ2n) is 2.29. The lowest BCUT2D eigenvalue weighted by molar-refractivity contribution is -0.350. The molecule has 0 saturated carbocycles. The fourth-order valence-electron chi connectivity index (χ4n) is 0.599. The number of alkyl halides is 6. The zero-order chi connectivity index (χ0) is 11.8. The Morgan fingerprint density at radius 2 is 1.36 bits per heavy atom. The first-order chi connectivity index (χ1) is 5.98. The molecule has 0 aromatic heterocycles. The number of aliphatic hydroxyl groups is 1. The molecule has 0 aliphatic rings. The molecule has 0 aliphatic heterocycles. The van der Waals surface area contributed by atoms with E-state index >= 15 is 0 Å². The van der Waals surface area contributed by atoms with E-state index in [-0.39, 0.29) is 0 Å². The zero-order valence-electron chi connectivity index (χ0n) is 6.62. The lowest BCUT2D eigenvalue weighted by Crippen LogP contribution is -2.65. The van der Waals surface area contributed by atoms with Crippen molar-refractivity contribution in [2.24, 2.45) is 0 Å². The topological polar surface area (TPSA) is 49.3 Å². The standard InChI is InChI=1S/C5H5F6NO2/c1-12-2(13)3(14,4(6,7)8)5(9,10)11/h14H,1H3,(H,12,13). The van der Waals surface area contributed by atoms with Crippen LogP contribution in [0.1, 0.15) is 0 Å². The van der Waals surface area contributed by atoms with Gasteiger partial charge in [-0.2, -0.15) is 26.3 Å². The number of halogens is 6. The van der Waals surface area contributed by atoms with Gasteiger partial charge in [0.1, 0.15) is 0 Å². The van der Waals surface area contributed by atoms with E-state index in [1.165, 1.54) is 0 Å². The summed E-state index contributed by atoms with van der Waals surface area (Å²) in [5.74, 6) is -2.57. The fourth-order valence-corrected chi connectivity index (χ4v) is 0.599. The van der Waals surface area contributed by atoms with Crippen LogP contribution in [-0.2, 0) is 4.79 Å². The van der Waals surface area contributed by atoms with Gasteiger partial charge in [-0.15, -0.1) is 0 Å². The first-order valence-electron chi connectivity index (χ1n) is 3.06. The van der Waals surface area contributed by atoms with E-state index in [1.807, 2.05) is 0 Å². The Hall–Kier alpha value is -0.990. The molecule has 0 bridgehead atoms. The van der Waals surface area contributed by atoms with Gasteiger partial charge in [0, 0.05) is 7.05 Å². The van der Waals surface area contributed by atoms with E-state index in [1.54, 1.807) is 0 Å². The third kappa shape index (κ3) is 1.76. The highest BCUT2D eigenvalue weighted by atomic mass is 19.4. The lowest BCUT2D eigenvalue weighted by atomic mass is 10.0. The molecule has 1 amide bonds. The minimum atomic E-state index is -6.12. The summed E-state index contributed by atoms with van der Waals surface area (Å²) in [5, 5.41) is 9.38. The number of rotatable bonds is 1. The van der Waals surface area contributed by atoms with Crippen molar-refractivity contribution >= 4 is 5.91 Å². The van der Waals surface area contributed by atoms with Gasteiger partial charge in [-0.3, -0.25) is 4.79 Å². The molecule has 0 aliphatic carbocycles. The van der Waals surface area contributed by atoms with Crippen molar-refractivity contribution in [2.75, 3.05) is 7.05 Å². The minimum absolute atomic E-state index is 0.546. The second-order valence-corrected chi connectivity index (χ2v) is 2.29. The summed E-state index contributed by atoms with van der Waals surface area (Å²) in [7, 11) is 0.546. The van der Waals surface area contributed by atoms with Gasteiger partial charge in [0.15, 0.2) is 0 Å². The molecule has 0 aromatic rings. The Morgan fingerprint density at radius 1 is 1.07 bits per heavy atom. The highest BCUT2D eigenvalue weighted by Crippen LogP contribution is 2.42. The Morgan fingerprint density at radius 3 is 1.43 bits per heavy atom. The molecule has 84 valence electrons. The van der Waals surface area contributed by atoms with Gasteiger partial charge >= 0.3 is 18.0 Å². The predicted octanol–water partition coefficient (Wildman–Crippen LogP) is 0.588. The fraction of sp³-hybridized carbons (Fsp3) is 0.800. The van der Waals surface area contributed by atoms with Crippen molar-refractivity contribution in [1.82, 2.24) is 5.32 Å². The number of carbonyl (C=O) groups is 1. The van der Waals surface area contributed by atoms with Crippen molar-refractivity contribution in [3.63, 3.8) is 0 Å². The molecule has 0 spiro atoms. The molecule has 3 nitrogen and oxygen atoms in total. The van der Waals surface area contributed by atoms with Crippen LogP contribution in [0.2, 0.25) is 0 Å². The average molecular weight is 225 g/mol. The van der Waals surface area contributed by atoms with Crippen molar-refractivity contribution in [1.29, 1.82) is 0 Å². The van der Waals surface area contributed by atoms with E-state index in [2.05, 4.69) is 0 Å². The van der Waals surface area contributed by atoms with Crippen LogP contribution in [0.15, 0.2) is 0 Å². The molecule has 14 heavy (non-hydrogen) atoms. The molecule has 0 unspecified atom stereocenters. The third-order valence-electron chi connectivity index (χ3n) is 1.38. The summed E-state index contributed by atoms with van der Waals surface area (Å²) < 4.78 is 70.8. The number of hydrogen-bond acceptors (Lipinski definition) is 2. The summed E-state index contributed by atoms with van der Waals surface area (Å²) in [5.41, 5.74) is -5.37. The maximum atomic E-state index is 11.8. The van der Waals surface area contributed by atoms with E-state index in [0.717, 1.165) is 5.32 Å². The predicted molar refractivity (Wildman–Crippen MR) is 31.1 cm³/mol. The lowest BCUT2D eigenvalue weighted by Gasteiger charge is -2.30. The van der Waals surface area contributed by atoms with Crippen molar-refractivity contribution in [3.05, 3.63) is 0 Å². The summed E-state index contributed by atoms with van der Waals surface area (Å²) in [6.07, 6.45) is -12.2. The van der Waals surface area contributed by atoms with Crippen LogP contribution in [0.25, 0.3) is 0 Å². The highest BCUT2D eigenvalue weighted by Gasteiger charge is 2.75. The van der Waals surface area contributed by atoms with Gasteiger partial charge in [0.25, 0.3) is 5.91 Å². The molecule has 0 heterocycles. The molecule has 0 rings (SSSR count). The summed E-state index contributed by atoms with van der Waals surface area (Å²) in [6.45, 7) is 0. The van der Waals surface area contributed by atoms with Gasteiger partial charge in [-0.1, -0.05) is 0 Å². The number of nitrogens with one attached hydrogen (secondary N) is 1. The zero-order valence-corrected chi connectivity index (χ0v) is 6.62. The van der Waals surface area contributed by atoms with Crippen LogP contribution in [0.5, 0.6) is 0 Å². The van der Waals surface area contributed by atoms with Gasteiger partial charge in [0.2, 0.25) is 0 Å². The number of carbonyl (C=O) groups excluding carboxylic acids is 1. The minimum Gasteiger partial charge on any atom is -0.366 e. The maximum absolute atomic E-state index is 11.8. The Labute approximate surface area is 73.7 Å². The first kappa shape index (κ1) is 13.0. The van der Waals surface area contributed by atoms with E-state index < -0.39 is 23.9 Å². The molecule has 0 fully saturated rings. The number of amides is 1. The largest absolute Gasteiger partial charge is 0.435 e. The molecular formula is C5H5F6NO2. The highest BCUT2D eigenvalue weighted by molar-refractivity contribution is 5.86. The number of hydrogen-bond donors (Lipinski definition) is 2. The van der Waals surface area contributed by atoms with Gasteiger partial charge in [-0.25, -0.2) is 0 Å². The van der Waals surface area contributed by atoms with Crippen LogP contribution in [0.3, 0.4) is 0 Å². The van der Waals surface area contributed by atoms with Crippen LogP contribution in [-0.4, -0.2) is 36.0 Å². The summed E-state index contributed by atoms with van der Waals surface area (Å²) in [4.78, 5) is 10.3. The van der Waals surface area contributed by atoms with Crippen molar-refractivity contribution < 1.29 is 36.2 Å². The van der Waals surface area contributed by atoms with Crippen LogP contribution in [0, 0.1) is 0 Å². The van der Waals surface area contributed by atoms with Gasteiger partial charge in [-0.05, 0) is 0 Å². The number of likely N-dealkylation sites (N-methyl/N-ethyl adjacent to an activating group) is 1. The monoisotopic (exact) mass is 225 g/mol. The van der Waals surface area contributed by atoms with Crippen molar-refractivity contribution in [2.45, 2.75) is 18.0 Å². The molecule has 0 radical (unpaired) electrons. The van der Waals surface area contributed by atoms with Gasteiger partial charge in [0.05, 0.1) is 0 Å². The molecule has 9 heteroatoms. The molecule has 0 aromatic carbocycles. The van der Waals surface area contributed by atoms with E-state index in [9.17, 15) is 31.1 Å². The first-order valence-corrected chi connectivity index (χ1v) is 3.06. The quantitative estimate of drug-likeness (QED) is 0.641. The molecular weight excluding hydrogens is 220 g/mol. The van der Waals surface area contributed by atoms with Crippen LogP contribution < -0.4 is 5.32 Å². The maximum Gasteiger partial charge on any atom is 0.435 e. The van der Waals surface area contributed by atoms with E-state index in [4.69, 9.17) is 5.11 Å². The SMILES string of the molecule is CNC(=O)C(O)(C(F)(F)F)C(F)(F)F. The van der Waals surface area contributed by atoms with Crippen molar-refractivity contribution in [3.8, 4) is 0 Å². The molecule has 0 atom stereocenters. The Balaban J connectivity index is 5.40. The second kappa shape index (κ2) is 3.30. The van der Waals surface area contributed by atoms with Crippen LogP contribution >= 0.6 is 0 Å². The molecule has 0 saturated heterocycles. The normalized spacial score (nSPS) is 14.0. The Bertz CT molecular complexity index is 217.